The quantitative estimate of drug-likeness (QED) is 0.720. The first-order valence-corrected chi connectivity index (χ1v) is 10.2. The maximum atomic E-state index is 12.7. The number of hydrogen-bond donors (Lipinski definition) is 1. The van der Waals surface area contributed by atoms with Crippen LogP contribution in [0, 0.1) is 12.8 Å². The molecule has 4 rings (SSSR count). The summed E-state index contributed by atoms with van der Waals surface area (Å²) in [4.78, 5) is 14.8. The zero-order chi connectivity index (χ0) is 20.1. The van der Waals surface area contributed by atoms with E-state index in [0.717, 1.165) is 42.0 Å². The number of rotatable bonds is 5. The zero-order valence-corrected chi connectivity index (χ0v) is 16.7. The Labute approximate surface area is 171 Å². The summed E-state index contributed by atoms with van der Waals surface area (Å²) in [6.45, 7) is 4.23. The summed E-state index contributed by atoms with van der Waals surface area (Å²) in [5.41, 5.74) is 4.28. The van der Waals surface area contributed by atoms with Crippen LogP contribution in [0.5, 0.6) is 0 Å². The summed E-state index contributed by atoms with van der Waals surface area (Å²) in [5.74, 6) is 0.927. The molecule has 0 aliphatic carbocycles. The Kier molecular flexibility index (Phi) is 5.84. The SMILES string of the molecule is Cc1ccccc1-c1ccc(N2CCCC(C(=O)NCc3ccccc3)C2)nn1. The van der Waals surface area contributed by atoms with Crippen LogP contribution >= 0.6 is 0 Å². The molecule has 0 saturated carbocycles. The maximum Gasteiger partial charge on any atom is 0.225 e. The average molecular weight is 386 g/mol. The number of benzene rings is 2. The van der Waals surface area contributed by atoms with E-state index >= 15 is 0 Å². The van der Waals surface area contributed by atoms with E-state index in [9.17, 15) is 4.79 Å². The highest BCUT2D eigenvalue weighted by molar-refractivity contribution is 5.79. The fraction of sp³-hybridized carbons (Fsp3) is 0.292. The molecule has 1 aliphatic rings. The Bertz CT molecular complexity index is 956. The largest absolute Gasteiger partial charge is 0.354 e. The lowest BCUT2D eigenvalue weighted by molar-refractivity contribution is -0.125. The van der Waals surface area contributed by atoms with Crippen molar-refractivity contribution in [2.45, 2.75) is 26.3 Å². The molecular formula is C24H26N4O. The van der Waals surface area contributed by atoms with Crippen LogP contribution in [0.2, 0.25) is 0 Å². The van der Waals surface area contributed by atoms with E-state index in [4.69, 9.17) is 0 Å². The molecule has 1 N–H and O–H groups in total. The van der Waals surface area contributed by atoms with E-state index in [1.165, 1.54) is 5.56 Å². The third-order valence-corrected chi connectivity index (χ3v) is 5.50. The maximum absolute atomic E-state index is 12.7. The van der Waals surface area contributed by atoms with Gasteiger partial charge in [0.25, 0.3) is 0 Å². The first-order valence-electron chi connectivity index (χ1n) is 10.2. The van der Waals surface area contributed by atoms with E-state index < -0.39 is 0 Å². The summed E-state index contributed by atoms with van der Waals surface area (Å²) < 4.78 is 0. The smallest absolute Gasteiger partial charge is 0.225 e. The number of nitrogens with zero attached hydrogens (tertiary/aromatic N) is 3. The monoisotopic (exact) mass is 386 g/mol. The van der Waals surface area contributed by atoms with Crippen molar-refractivity contribution in [3.8, 4) is 11.3 Å². The van der Waals surface area contributed by atoms with Gasteiger partial charge in [0, 0.05) is 25.2 Å². The van der Waals surface area contributed by atoms with Gasteiger partial charge in [-0.25, -0.2) is 0 Å². The molecule has 1 aromatic heterocycles. The number of anilines is 1. The molecule has 0 radical (unpaired) electrons. The van der Waals surface area contributed by atoms with Gasteiger partial charge >= 0.3 is 0 Å². The van der Waals surface area contributed by atoms with Gasteiger partial charge in [-0.05, 0) is 43.0 Å². The van der Waals surface area contributed by atoms with Gasteiger partial charge in [0.15, 0.2) is 5.82 Å². The van der Waals surface area contributed by atoms with Crippen molar-refractivity contribution >= 4 is 11.7 Å². The molecule has 2 aromatic carbocycles. The minimum absolute atomic E-state index is 0.0229. The lowest BCUT2D eigenvalue weighted by Crippen LogP contribution is -2.43. The third-order valence-electron chi connectivity index (χ3n) is 5.50. The van der Waals surface area contributed by atoms with E-state index in [1.54, 1.807) is 0 Å². The van der Waals surface area contributed by atoms with Crippen LogP contribution in [-0.4, -0.2) is 29.2 Å². The minimum Gasteiger partial charge on any atom is -0.354 e. The van der Waals surface area contributed by atoms with Crippen molar-refractivity contribution in [1.82, 2.24) is 15.5 Å². The molecule has 5 nitrogen and oxygen atoms in total. The lowest BCUT2D eigenvalue weighted by atomic mass is 9.97. The van der Waals surface area contributed by atoms with Gasteiger partial charge < -0.3 is 10.2 Å². The Balaban J connectivity index is 1.39. The summed E-state index contributed by atoms with van der Waals surface area (Å²) >= 11 is 0. The molecule has 148 valence electrons. The van der Waals surface area contributed by atoms with Gasteiger partial charge in [0.1, 0.15) is 0 Å². The number of hydrogen-bond acceptors (Lipinski definition) is 4. The number of piperidine rings is 1. The van der Waals surface area contributed by atoms with Gasteiger partial charge in [-0.2, -0.15) is 0 Å². The predicted molar refractivity (Wildman–Crippen MR) is 115 cm³/mol. The van der Waals surface area contributed by atoms with Crippen LogP contribution in [0.25, 0.3) is 11.3 Å². The third kappa shape index (κ3) is 4.62. The van der Waals surface area contributed by atoms with Crippen LogP contribution in [-0.2, 0) is 11.3 Å². The normalized spacial score (nSPS) is 16.4. The van der Waals surface area contributed by atoms with Crippen molar-refractivity contribution < 1.29 is 4.79 Å². The molecule has 1 atom stereocenters. The molecule has 1 unspecified atom stereocenters. The highest BCUT2D eigenvalue weighted by atomic mass is 16.1. The average Bonchev–Trinajstić information content (AvgIpc) is 2.79. The first-order chi connectivity index (χ1) is 14.2. The number of carbonyl (C=O) groups is 1. The first kappa shape index (κ1) is 19.1. The highest BCUT2D eigenvalue weighted by Crippen LogP contribution is 2.25. The second-order valence-corrected chi connectivity index (χ2v) is 7.58. The fourth-order valence-corrected chi connectivity index (χ4v) is 3.83. The van der Waals surface area contributed by atoms with Gasteiger partial charge in [0.05, 0.1) is 11.6 Å². The Morgan fingerprint density at radius 1 is 1.03 bits per heavy atom. The van der Waals surface area contributed by atoms with Gasteiger partial charge in [-0.3, -0.25) is 4.79 Å². The molecule has 5 heteroatoms. The molecule has 2 heterocycles. The number of carbonyl (C=O) groups excluding carboxylic acids is 1. The summed E-state index contributed by atoms with van der Waals surface area (Å²) in [6.07, 6.45) is 1.89. The van der Waals surface area contributed by atoms with E-state index in [-0.39, 0.29) is 11.8 Å². The van der Waals surface area contributed by atoms with E-state index in [2.05, 4.69) is 39.5 Å². The molecule has 1 saturated heterocycles. The second kappa shape index (κ2) is 8.86. The van der Waals surface area contributed by atoms with Crippen LogP contribution in [0.1, 0.15) is 24.0 Å². The topological polar surface area (TPSA) is 58.1 Å². The molecule has 1 aliphatic heterocycles. The molecular weight excluding hydrogens is 360 g/mol. The molecule has 29 heavy (non-hydrogen) atoms. The standard InChI is InChI=1S/C24H26N4O/c1-18-8-5-6-12-21(18)22-13-14-23(27-26-22)28-15-7-11-20(17-28)24(29)25-16-19-9-3-2-4-10-19/h2-6,8-10,12-14,20H,7,11,15-17H2,1H3,(H,25,29). The Hall–Kier alpha value is -3.21. The van der Waals surface area contributed by atoms with E-state index in [0.29, 0.717) is 13.1 Å². The lowest BCUT2D eigenvalue weighted by Gasteiger charge is -2.32. The highest BCUT2D eigenvalue weighted by Gasteiger charge is 2.26. The van der Waals surface area contributed by atoms with Gasteiger partial charge in [-0.15, -0.1) is 10.2 Å². The van der Waals surface area contributed by atoms with Gasteiger partial charge in [-0.1, -0.05) is 54.6 Å². The Morgan fingerprint density at radius 2 is 1.83 bits per heavy atom. The second-order valence-electron chi connectivity index (χ2n) is 7.58. The Morgan fingerprint density at radius 3 is 2.59 bits per heavy atom. The summed E-state index contributed by atoms with van der Waals surface area (Å²) in [5, 5.41) is 12.0. The molecule has 0 bridgehead atoms. The fourth-order valence-electron chi connectivity index (χ4n) is 3.83. The molecule has 3 aromatic rings. The molecule has 1 fully saturated rings. The van der Waals surface area contributed by atoms with Crippen molar-refractivity contribution in [2.75, 3.05) is 18.0 Å². The van der Waals surface area contributed by atoms with E-state index in [1.807, 2.05) is 54.6 Å². The number of amides is 1. The van der Waals surface area contributed by atoms with Crippen molar-refractivity contribution in [2.24, 2.45) is 5.92 Å². The molecule has 0 spiro atoms. The number of nitrogens with one attached hydrogen (secondary N) is 1. The predicted octanol–water partition coefficient (Wildman–Crippen LogP) is 3.98. The van der Waals surface area contributed by atoms with Crippen LogP contribution in [0.15, 0.2) is 66.7 Å². The van der Waals surface area contributed by atoms with Crippen LogP contribution in [0.4, 0.5) is 5.82 Å². The van der Waals surface area contributed by atoms with Crippen molar-refractivity contribution in [3.05, 3.63) is 77.9 Å². The summed E-state index contributed by atoms with van der Waals surface area (Å²) in [6, 6.07) is 22.2. The molecule has 1 amide bonds. The van der Waals surface area contributed by atoms with Crippen molar-refractivity contribution in [3.63, 3.8) is 0 Å². The van der Waals surface area contributed by atoms with Crippen LogP contribution < -0.4 is 10.2 Å². The van der Waals surface area contributed by atoms with Crippen molar-refractivity contribution in [1.29, 1.82) is 0 Å². The number of aryl methyl sites for hydroxylation is 1. The van der Waals surface area contributed by atoms with Gasteiger partial charge in [0.2, 0.25) is 5.91 Å². The minimum atomic E-state index is -0.0229. The number of aromatic nitrogens is 2. The summed E-state index contributed by atoms with van der Waals surface area (Å²) in [7, 11) is 0. The van der Waals surface area contributed by atoms with Crippen LogP contribution in [0.3, 0.4) is 0 Å². The zero-order valence-electron chi connectivity index (χ0n) is 16.7.